The quantitative estimate of drug-likeness (QED) is 0.169. The summed E-state index contributed by atoms with van der Waals surface area (Å²) in [7, 11) is 0. The summed E-state index contributed by atoms with van der Waals surface area (Å²) in [4.78, 5) is 41.1. The molecule has 3 aromatic rings. The minimum absolute atomic E-state index is 0.0122. The second-order valence-electron chi connectivity index (χ2n) is 8.29. The van der Waals surface area contributed by atoms with Crippen LogP contribution in [0.1, 0.15) is 16.7 Å². The van der Waals surface area contributed by atoms with Gasteiger partial charge in [-0.2, -0.15) is 0 Å². The Morgan fingerprint density at radius 2 is 1.17 bits per heavy atom. The van der Waals surface area contributed by atoms with Gasteiger partial charge < -0.3 is 26.1 Å². The molecule has 0 bridgehead atoms. The number of carboxylic acids is 1. The van der Waals surface area contributed by atoms with Crippen molar-refractivity contribution in [1.82, 2.24) is 5.48 Å². The summed E-state index contributed by atoms with van der Waals surface area (Å²) in [6, 6.07) is 21.9. The van der Waals surface area contributed by atoms with E-state index in [2.05, 4.69) is 5.48 Å². The van der Waals surface area contributed by atoms with Gasteiger partial charge in [-0.3, -0.25) is 4.79 Å². The molecule has 9 heteroatoms. The summed E-state index contributed by atoms with van der Waals surface area (Å²) in [6.07, 6.45) is 0.615. The monoisotopic (exact) mass is 491 g/mol. The van der Waals surface area contributed by atoms with Crippen molar-refractivity contribution in [3.8, 4) is 5.75 Å². The van der Waals surface area contributed by atoms with E-state index in [1.54, 1.807) is 24.3 Å². The summed E-state index contributed by atoms with van der Waals surface area (Å²) >= 11 is 0. The number of ether oxygens (including phenoxy) is 1. The zero-order valence-corrected chi connectivity index (χ0v) is 19.6. The highest BCUT2D eigenvalue weighted by atomic mass is 16.7. The molecule has 0 radical (unpaired) electrons. The van der Waals surface area contributed by atoms with Crippen molar-refractivity contribution in [3.05, 3.63) is 102 Å². The van der Waals surface area contributed by atoms with Crippen LogP contribution in [-0.2, 0) is 38.5 Å². The van der Waals surface area contributed by atoms with Crippen LogP contribution in [0.25, 0.3) is 0 Å². The van der Waals surface area contributed by atoms with E-state index in [-0.39, 0.29) is 18.6 Å². The second kappa shape index (κ2) is 13.1. The molecule has 0 fully saturated rings. The van der Waals surface area contributed by atoms with Crippen molar-refractivity contribution in [1.29, 1.82) is 0 Å². The lowest BCUT2D eigenvalue weighted by molar-refractivity contribution is -0.159. The van der Waals surface area contributed by atoms with Crippen LogP contribution in [-0.4, -0.2) is 41.1 Å². The molecule has 0 aliphatic rings. The Morgan fingerprint density at radius 3 is 1.67 bits per heavy atom. The molecule has 0 aliphatic heterocycles. The Balaban J connectivity index is 1.49. The fraction of sp³-hybridized carbons (Fsp3) is 0.222. The van der Waals surface area contributed by atoms with E-state index in [0.29, 0.717) is 12.0 Å². The normalized spacial score (nSPS) is 13.3. The first-order valence-corrected chi connectivity index (χ1v) is 11.4. The van der Waals surface area contributed by atoms with Crippen LogP contribution in [0.2, 0.25) is 0 Å². The summed E-state index contributed by atoms with van der Waals surface area (Å²) < 4.78 is 5.33. The van der Waals surface area contributed by atoms with Gasteiger partial charge in [-0.25, -0.2) is 9.59 Å². The van der Waals surface area contributed by atoms with Crippen LogP contribution in [0.5, 0.6) is 5.75 Å². The Bertz CT molecular complexity index is 1140. The molecule has 0 amide bonds. The minimum Gasteiger partial charge on any atom is -0.480 e. The molecular formula is C27H29N3O6. The number of carbonyl (C=O) groups is 3. The topological polar surface area (TPSA) is 154 Å². The zero-order valence-electron chi connectivity index (χ0n) is 19.6. The van der Waals surface area contributed by atoms with Gasteiger partial charge in [-0.15, -0.1) is 5.48 Å². The predicted molar refractivity (Wildman–Crippen MR) is 133 cm³/mol. The molecule has 188 valence electrons. The Morgan fingerprint density at radius 1 is 0.694 bits per heavy atom. The van der Waals surface area contributed by atoms with Crippen molar-refractivity contribution < 1.29 is 29.1 Å². The van der Waals surface area contributed by atoms with Gasteiger partial charge in [0.25, 0.3) is 0 Å². The van der Waals surface area contributed by atoms with E-state index in [1.807, 2.05) is 60.7 Å². The van der Waals surface area contributed by atoms with Crippen molar-refractivity contribution in [2.75, 3.05) is 0 Å². The summed E-state index contributed by atoms with van der Waals surface area (Å²) in [6.45, 7) is 0. The van der Waals surface area contributed by atoms with Crippen molar-refractivity contribution in [2.24, 2.45) is 11.5 Å². The molecular weight excluding hydrogens is 462 g/mol. The Labute approximate surface area is 209 Å². The lowest BCUT2D eigenvalue weighted by atomic mass is 10.1. The maximum atomic E-state index is 12.3. The largest absolute Gasteiger partial charge is 0.480 e. The number of carbonyl (C=O) groups excluding carboxylic acids is 2. The van der Waals surface area contributed by atoms with E-state index < -0.39 is 36.0 Å². The number of nitrogens with two attached hydrogens (primary N) is 2. The number of aliphatic carboxylic acids is 1. The molecule has 3 atom stereocenters. The number of carboxylic acid groups (broad SMARTS) is 1. The molecule has 9 nitrogen and oxygen atoms in total. The first-order valence-electron chi connectivity index (χ1n) is 11.4. The van der Waals surface area contributed by atoms with Gasteiger partial charge in [0.1, 0.15) is 23.9 Å². The van der Waals surface area contributed by atoms with Crippen LogP contribution in [0, 0.1) is 0 Å². The standard InChI is InChI=1S/C27H29N3O6/c28-22(15-18-7-3-1-4-8-18)26(33)35-21-13-11-20(12-14-21)17-24(25(31)32)30-36-27(34)23(29)16-19-9-5-2-6-10-19/h1-14,22-24,30H,15-17,28-29H2,(H,31,32)/t22-,23-,24-/m0/s1. The first kappa shape index (κ1) is 26.6. The van der Waals surface area contributed by atoms with E-state index in [4.69, 9.17) is 21.0 Å². The summed E-state index contributed by atoms with van der Waals surface area (Å²) in [5.74, 6) is -2.26. The van der Waals surface area contributed by atoms with Gasteiger partial charge in [0.15, 0.2) is 0 Å². The number of benzene rings is 3. The molecule has 0 heterocycles. The van der Waals surface area contributed by atoms with Crippen LogP contribution in [0.4, 0.5) is 0 Å². The second-order valence-corrected chi connectivity index (χ2v) is 8.29. The number of rotatable bonds is 12. The Kier molecular flexibility index (Phi) is 9.70. The molecule has 36 heavy (non-hydrogen) atoms. The highest BCUT2D eigenvalue weighted by molar-refractivity contribution is 5.78. The van der Waals surface area contributed by atoms with E-state index in [1.165, 1.54) is 0 Å². The van der Waals surface area contributed by atoms with Gasteiger partial charge in [-0.1, -0.05) is 72.8 Å². The third-order valence-corrected chi connectivity index (χ3v) is 5.38. The molecule has 0 unspecified atom stereocenters. The van der Waals surface area contributed by atoms with Gasteiger partial charge in [0, 0.05) is 6.42 Å². The average molecular weight is 492 g/mol. The van der Waals surface area contributed by atoms with E-state index >= 15 is 0 Å². The maximum Gasteiger partial charge on any atom is 0.341 e. The number of hydroxylamine groups is 1. The van der Waals surface area contributed by atoms with Gasteiger partial charge >= 0.3 is 17.9 Å². The summed E-state index contributed by atoms with van der Waals surface area (Å²) in [5.41, 5.74) is 16.5. The molecule has 3 aromatic carbocycles. The van der Waals surface area contributed by atoms with Gasteiger partial charge in [0.05, 0.1) is 0 Å². The molecule has 0 aliphatic carbocycles. The fourth-order valence-electron chi connectivity index (χ4n) is 3.41. The van der Waals surface area contributed by atoms with Crippen LogP contribution >= 0.6 is 0 Å². The van der Waals surface area contributed by atoms with Gasteiger partial charge in [0.2, 0.25) is 0 Å². The smallest absolute Gasteiger partial charge is 0.341 e. The van der Waals surface area contributed by atoms with Gasteiger partial charge in [-0.05, 0) is 41.7 Å². The molecule has 6 N–H and O–H groups in total. The first-order chi connectivity index (χ1) is 17.3. The SMILES string of the molecule is N[C@@H](Cc1ccccc1)C(=O)ON[C@@H](Cc1ccc(OC(=O)[C@@H](N)Cc2ccccc2)cc1)C(=O)O. The Hall–Kier alpha value is -4.05. The number of hydrogen-bond donors (Lipinski definition) is 4. The third kappa shape index (κ3) is 8.31. The van der Waals surface area contributed by atoms with Crippen molar-refractivity contribution in [2.45, 2.75) is 37.4 Å². The minimum atomic E-state index is -1.21. The number of esters is 1. The predicted octanol–water partition coefficient (Wildman–Crippen LogP) is 1.78. The summed E-state index contributed by atoms with van der Waals surface area (Å²) in [5, 5.41) is 9.51. The van der Waals surface area contributed by atoms with E-state index in [9.17, 15) is 19.5 Å². The number of nitrogens with one attached hydrogen (secondary N) is 1. The molecule has 0 saturated carbocycles. The highest BCUT2D eigenvalue weighted by Gasteiger charge is 2.23. The maximum absolute atomic E-state index is 12.3. The van der Waals surface area contributed by atoms with Crippen molar-refractivity contribution >= 4 is 17.9 Å². The lowest BCUT2D eigenvalue weighted by Crippen LogP contribution is -2.44. The highest BCUT2D eigenvalue weighted by Crippen LogP contribution is 2.15. The molecule has 0 aromatic heterocycles. The van der Waals surface area contributed by atoms with Crippen LogP contribution in [0.15, 0.2) is 84.9 Å². The van der Waals surface area contributed by atoms with E-state index in [0.717, 1.165) is 11.1 Å². The molecule has 3 rings (SSSR count). The van der Waals surface area contributed by atoms with Crippen molar-refractivity contribution in [3.63, 3.8) is 0 Å². The van der Waals surface area contributed by atoms with Crippen LogP contribution in [0.3, 0.4) is 0 Å². The molecule has 0 spiro atoms. The number of hydrogen-bond acceptors (Lipinski definition) is 8. The lowest BCUT2D eigenvalue weighted by Gasteiger charge is -2.17. The fourth-order valence-corrected chi connectivity index (χ4v) is 3.41. The molecule has 0 saturated heterocycles. The third-order valence-electron chi connectivity index (χ3n) is 5.38. The van der Waals surface area contributed by atoms with Crippen LogP contribution < -0.4 is 21.7 Å². The average Bonchev–Trinajstić information content (AvgIpc) is 2.88. The zero-order chi connectivity index (χ0) is 25.9.